The summed E-state index contributed by atoms with van der Waals surface area (Å²) in [6.07, 6.45) is 5.04. The lowest BCUT2D eigenvalue weighted by Crippen LogP contribution is -2.32. The second kappa shape index (κ2) is 4.89. The number of amides is 1. The number of hydrogen-bond donors (Lipinski definition) is 2. The van der Waals surface area contributed by atoms with Crippen molar-refractivity contribution in [1.29, 1.82) is 0 Å². The van der Waals surface area contributed by atoms with E-state index in [1.807, 2.05) is 0 Å². The highest BCUT2D eigenvalue weighted by Gasteiger charge is 2.18. The van der Waals surface area contributed by atoms with Crippen LogP contribution in [0.2, 0.25) is 0 Å². The van der Waals surface area contributed by atoms with Gasteiger partial charge in [-0.1, -0.05) is 0 Å². The number of anilines is 1. The van der Waals surface area contributed by atoms with E-state index in [0.29, 0.717) is 6.54 Å². The molecule has 86 valence electrons. The Hall–Kier alpha value is -1.69. The van der Waals surface area contributed by atoms with Gasteiger partial charge in [0, 0.05) is 25.5 Å². The standard InChI is InChI=1S/C10H14N4O2/c11-9-8(12-3-4-13-9)10(15)14-6-7-2-1-5-16-7/h3-4,7H,1-2,5-6H2,(H2,11,13)(H,14,15). The summed E-state index contributed by atoms with van der Waals surface area (Å²) >= 11 is 0. The molecular weight excluding hydrogens is 208 g/mol. The lowest BCUT2D eigenvalue weighted by molar-refractivity contribution is 0.0854. The van der Waals surface area contributed by atoms with Crippen LogP contribution in [0.4, 0.5) is 5.82 Å². The van der Waals surface area contributed by atoms with Crippen molar-refractivity contribution in [2.75, 3.05) is 18.9 Å². The zero-order valence-corrected chi connectivity index (χ0v) is 8.85. The highest BCUT2D eigenvalue weighted by molar-refractivity contribution is 5.96. The molecule has 0 bridgehead atoms. The Morgan fingerprint density at radius 1 is 1.56 bits per heavy atom. The number of nitrogens with zero attached hydrogens (tertiary/aromatic N) is 2. The fourth-order valence-corrected chi connectivity index (χ4v) is 1.62. The predicted molar refractivity (Wildman–Crippen MR) is 57.8 cm³/mol. The van der Waals surface area contributed by atoms with Crippen LogP contribution in [0.5, 0.6) is 0 Å². The van der Waals surface area contributed by atoms with Gasteiger partial charge in [-0.05, 0) is 12.8 Å². The number of carbonyl (C=O) groups excluding carboxylic acids is 1. The lowest BCUT2D eigenvalue weighted by atomic mass is 10.2. The van der Waals surface area contributed by atoms with Gasteiger partial charge in [-0.25, -0.2) is 9.97 Å². The Balaban J connectivity index is 1.90. The van der Waals surface area contributed by atoms with Gasteiger partial charge in [0.15, 0.2) is 11.5 Å². The van der Waals surface area contributed by atoms with Gasteiger partial charge in [-0.2, -0.15) is 0 Å². The zero-order valence-electron chi connectivity index (χ0n) is 8.85. The highest BCUT2D eigenvalue weighted by atomic mass is 16.5. The number of nitrogens with two attached hydrogens (primary N) is 1. The fourth-order valence-electron chi connectivity index (χ4n) is 1.62. The summed E-state index contributed by atoms with van der Waals surface area (Å²) in [6, 6.07) is 0. The Morgan fingerprint density at radius 3 is 3.06 bits per heavy atom. The van der Waals surface area contributed by atoms with Crippen LogP contribution in [0.1, 0.15) is 23.3 Å². The van der Waals surface area contributed by atoms with Gasteiger partial charge >= 0.3 is 0 Å². The molecule has 0 radical (unpaired) electrons. The maximum Gasteiger partial charge on any atom is 0.273 e. The van der Waals surface area contributed by atoms with E-state index in [1.54, 1.807) is 0 Å². The maximum absolute atomic E-state index is 11.7. The van der Waals surface area contributed by atoms with Crippen molar-refractivity contribution in [3.05, 3.63) is 18.1 Å². The van der Waals surface area contributed by atoms with E-state index in [1.165, 1.54) is 12.4 Å². The third-order valence-electron chi connectivity index (χ3n) is 2.46. The second-order valence-corrected chi connectivity index (χ2v) is 3.64. The minimum atomic E-state index is -0.305. The first kappa shape index (κ1) is 10.8. The smallest absolute Gasteiger partial charge is 0.273 e. The van der Waals surface area contributed by atoms with Gasteiger partial charge in [0.2, 0.25) is 0 Å². The molecule has 6 nitrogen and oxygen atoms in total. The number of nitrogen functional groups attached to an aromatic ring is 1. The van der Waals surface area contributed by atoms with Crippen LogP contribution < -0.4 is 11.1 Å². The number of ether oxygens (including phenoxy) is 1. The number of rotatable bonds is 3. The van der Waals surface area contributed by atoms with Crippen molar-refractivity contribution in [3.8, 4) is 0 Å². The quantitative estimate of drug-likeness (QED) is 0.749. The monoisotopic (exact) mass is 222 g/mol. The molecule has 1 amide bonds. The zero-order chi connectivity index (χ0) is 11.4. The topological polar surface area (TPSA) is 90.1 Å². The van der Waals surface area contributed by atoms with E-state index in [-0.39, 0.29) is 23.5 Å². The van der Waals surface area contributed by atoms with Crippen molar-refractivity contribution in [1.82, 2.24) is 15.3 Å². The van der Waals surface area contributed by atoms with Crippen molar-refractivity contribution in [2.45, 2.75) is 18.9 Å². The molecule has 1 saturated heterocycles. The van der Waals surface area contributed by atoms with Crippen molar-refractivity contribution < 1.29 is 9.53 Å². The summed E-state index contributed by atoms with van der Waals surface area (Å²) in [5.74, 6) is -0.159. The Labute approximate surface area is 93.2 Å². The van der Waals surface area contributed by atoms with Gasteiger partial charge < -0.3 is 15.8 Å². The molecule has 2 rings (SSSR count). The van der Waals surface area contributed by atoms with Crippen LogP contribution >= 0.6 is 0 Å². The first-order valence-corrected chi connectivity index (χ1v) is 5.23. The minimum Gasteiger partial charge on any atom is -0.382 e. The largest absolute Gasteiger partial charge is 0.382 e. The van der Waals surface area contributed by atoms with Gasteiger partial charge in [0.25, 0.3) is 5.91 Å². The summed E-state index contributed by atoms with van der Waals surface area (Å²) in [6.45, 7) is 1.27. The van der Waals surface area contributed by atoms with Gasteiger partial charge in [0.1, 0.15) is 0 Å². The summed E-state index contributed by atoms with van der Waals surface area (Å²) in [4.78, 5) is 19.4. The van der Waals surface area contributed by atoms with E-state index in [0.717, 1.165) is 19.4 Å². The van der Waals surface area contributed by atoms with Crippen molar-refractivity contribution in [3.63, 3.8) is 0 Å². The van der Waals surface area contributed by atoms with Crippen LogP contribution in [0.25, 0.3) is 0 Å². The number of aromatic nitrogens is 2. The van der Waals surface area contributed by atoms with E-state index in [4.69, 9.17) is 10.5 Å². The molecule has 3 N–H and O–H groups in total. The number of carbonyl (C=O) groups is 1. The third kappa shape index (κ3) is 2.46. The molecule has 16 heavy (non-hydrogen) atoms. The molecule has 0 saturated carbocycles. The molecule has 1 aromatic rings. The van der Waals surface area contributed by atoms with Crippen LogP contribution in [-0.4, -0.2) is 35.1 Å². The average molecular weight is 222 g/mol. The molecule has 0 aromatic carbocycles. The minimum absolute atomic E-state index is 0.113. The normalized spacial score (nSPS) is 19.6. The lowest BCUT2D eigenvalue weighted by Gasteiger charge is -2.10. The molecule has 0 spiro atoms. The van der Waals surface area contributed by atoms with Crippen LogP contribution in [0, 0.1) is 0 Å². The first-order chi connectivity index (χ1) is 7.77. The van der Waals surface area contributed by atoms with E-state index in [9.17, 15) is 4.79 Å². The van der Waals surface area contributed by atoms with E-state index >= 15 is 0 Å². The molecule has 1 atom stereocenters. The SMILES string of the molecule is Nc1nccnc1C(=O)NCC1CCCO1. The molecule has 1 fully saturated rings. The second-order valence-electron chi connectivity index (χ2n) is 3.64. The molecule has 1 aromatic heterocycles. The van der Waals surface area contributed by atoms with Crippen LogP contribution in [-0.2, 0) is 4.74 Å². The molecule has 2 heterocycles. The Morgan fingerprint density at radius 2 is 2.38 bits per heavy atom. The molecule has 6 heteroatoms. The Bertz CT molecular complexity index is 377. The molecule has 1 aliphatic rings. The van der Waals surface area contributed by atoms with Gasteiger partial charge in [0.05, 0.1) is 6.10 Å². The fraction of sp³-hybridized carbons (Fsp3) is 0.500. The molecule has 0 aliphatic carbocycles. The summed E-state index contributed by atoms with van der Waals surface area (Å²) in [7, 11) is 0. The van der Waals surface area contributed by atoms with Crippen LogP contribution in [0.3, 0.4) is 0 Å². The molecule has 1 aliphatic heterocycles. The maximum atomic E-state index is 11.7. The molecule has 1 unspecified atom stereocenters. The average Bonchev–Trinajstić information content (AvgIpc) is 2.79. The number of nitrogens with one attached hydrogen (secondary N) is 1. The predicted octanol–water partition coefficient (Wildman–Crippen LogP) is -0.0324. The summed E-state index contributed by atoms with van der Waals surface area (Å²) in [5, 5.41) is 2.74. The first-order valence-electron chi connectivity index (χ1n) is 5.23. The summed E-state index contributed by atoms with van der Waals surface area (Å²) < 4.78 is 5.39. The highest BCUT2D eigenvalue weighted by Crippen LogP contribution is 2.11. The molecular formula is C10H14N4O2. The summed E-state index contributed by atoms with van der Waals surface area (Å²) in [5.41, 5.74) is 5.71. The Kier molecular flexibility index (Phi) is 3.31. The van der Waals surface area contributed by atoms with Gasteiger partial charge in [-0.15, -0.1) is 0 Å². The number of hydrogen-bond acceptors (Lipinski definition) is 5. The van der Waals surface area contributed by atoms with Gasteiger partial charge in [-0.3, -0.25) is 4.79 Å². The van der Waals surface area contributed by atoms with E-state index in [2.05, 4.69) is 15.3 Å². The van der Waals surface area contributed by atoms with Crippen molar-refractivity contribution >= 4 is 11.7 Å². The van der Waals surface area contributed by atoms with E-state index < -0.39 is 0 Å². The van der Waals surface area contributed by atoms with Crippen molar-refractivity contribution in [2.24, 2.45) is 0 Å². The van der Waals surface area contributed by atoms with Crippen LogP contribution in [0.15, 0.2) is 12.4 Å². The third-order valence-corrected chi connectivity index (χ3v) is 2.46.